The van der Waals surface area contributed by atoms with Gasteiger partial charge in [-0.3, -0.25) is 0 Å². The van der Waals surface area contributed by atoms with Crippen molar-refractivity contribution in [3.05, 3.63) is 40.8 Å². The molecule has 0 nitrogen and oxygen atoms in total. The summed E-state index contributed by atoms with van der Waals surface area (Å²) in [4.78, 5) is 0. The molecule has 45 valence electrons. The topological polar surface area (TPSA) is 0 Å². The van der Waals surface area contributed by atoms with Crippen LogP contribution in [0.3, 0.4) is 0 Å². The van der Waals surface area contributed by atoms with E-state index in [4.69, 9.17) is 11.6 Å². The predicted octanol–water partition coefficient (Wildman–Crippen LogP) is 2.45. The molecule has 1 aliphatic rings. The lowest BCUT2D eigenvalue weighted by Crippen LogP contribution is -2.05. The van der Waals surface area contributed by atoms with Crippen LogP contribution in [-0.2, 0) is 6.42 Å². The maximum Gasteiger partial charge on any atom is 0.0441 e. The van der Waals surface area contributed by atoms with Crippen molar-refractivity contribution in [1.82, 2.24) is 0 Å². The van der Waals surface area contributed by atoms with Crippen molar-refractivity contribution < 1.29 is 0 Å². The van der Waals surface area contributed by atoms with E-state index >= 15 is 0 Å². The van der Waals surface area contributed by atoms with Crippen molar-refractivity contribution in [2.24, 2.45) is 0 Å². The first kappa shape index (κ1) is 5.31. The van der Waals surface area contributed by atoms with Gasteiger partial charge in [-0.05, 0) is 30.0 Å². The smallest absolute Gasteiger partial charge is 0.0441 e. The van der Waals surface area contributed by atoms with Crippen molar-refractivity contribution in [2.75, 3.05) is 0 Å². The van der Waals surface area contributed by atoms with Gasteiger partial charge in [0.05, 0.1) is 0 Å². The minimum absolute atomic E-state index is 0.912. The van der Waals surface area contributed by atoms with Crippen LogP contribution < -0.4 is 0 Å². The molecule has 0 fully saturated rings. The van der Waals surface area contributed by atoms with Crippen LogP contribution in [0, 0.1) is 6.42 Å². The Labute approximate surface area is 59.5 Å². The van der Waals surface area contributed by atoms with E-state index in [2.05, 4.69) is 12.5 Å². The Balaban J connectivity index is 2.64. The summed E-state index contributed by atoms with van der Waals surface area (Å²) in [5.41, 5.74) is 2.61. The summed E-state index contributed by atoms with van der Waals surface area (Å²) in [6, 6.07) is 6.01. The van der Waals surface area contributed by atoms with Gasteiger partial charge >= 0.3 is 0 Å². The van der Waals surface area contributed by atoms with Crippen LogP contribution in [0.2, 0.25) is 5.02 Å². The van der Waals surface area contributed by atoms with Crippen molar-refractivity contribution >= 4 is 11.6 Å². The molecule has 1 aromatic rings. The molecule has 0 bridgehead atoms. The second kappa shape index (κ2) is 1.74. The fraction of sp³-hybridized carbons (Fsp3) is 0.125. The minimum Gasteiger partial charge on any atom is -0.0840 e. The van der Waals surface area contributed by atoms with Crippen molar-refractivity contribution in [2.45, 2.75) is 6.42 Å². The summed E-state index contributed by atoms with van der Waals surface area (Å²) in [7, 11) is 0. The highest BCUT2D eigenvalue weighted by Crippen LogP contribution is 2.30. The molecule has 0 aliphatic heterocycles. The molecule has 9 heavy (non-hydrogen) atoms. The standard InChI is InChI=1S/C8H6Cl/c9-8-3-1-2-6-4-5-7(6)8/h1-4H,5H2. The molecular formula is C8H6Cl. The van der Waals surface area contributed by atoms with E-state index in [9.17, 15) is 0 Å². The number of hydrogen-bond donors (Lipinski definition) is 0. The Hall–Kier alpha value is -0.490. The Bertz CT molecular complexity index is 226. The first-order valence-electron chi connectivity index (χ1n) is 2.98. The lowest BCUT2D eigenvalue weighted by Gasteiger charge is -2.18. The molecule has 0 saturated heterocycles. The van der Waals surface area contributed by atoms with Crippen LogP contribution in [0.25, 0.3) is 0 Å². The Morgan fingerprint density at radius 2 is 2.22 bits per heavy atom. The van der Waals surface area contributed by atoms with E-state index in [-0.39, 0.29) is 0 Å². The molecule has 0 saturated carbocycles. The molecule has 0 atom stereocenters. The van der Waals surface area contributed by atoms with E-state index in [1.54, 1.807) is 0 Å². The van der Waals surface area contributed by atoms with Crippen LogP contribution in [-0.4, -0.2) is 0 Å². The molecular weight excluding hydrogens is 132 g/mol. The maximum atomic E-state index is 5.85. The van der Waals surface area contributed by atoms with Crippen LogP contribution >= 0.6 is 11.6 Å². The van der Waals surface area contributed by atoms with Gasteiger partial charge < -0.3 is 0 Å². The summed E-state index contributed by atoms with van der Waals surface area (Å²) >= 11 is 5.85. The fourth-order valence-corrected chi connectivity index (χ4v) is 1.32. The van der Waals surface area contributed by atoms with Crippen LogP contribution in [0.1, 0.15) is 11.1 Å². The quantitative estimate of drug-likeness (QED) is 0.515. The van der Waals surface area contributed by atoms with E-state index < -0.39 is 0 Å². The highest BCUT2D eigenvalue weighted by atomic mass is 35.5. The van der Waals surface area contributed by atoms with Crippen molar-refractivity contribution in [1.29, 1.82) is 0 Å². The molecule has 0 aromatic heterocycles. The summed E-state index contributed by atoms with van der Waals surface area (Å²) < 4.78 is 0. The molecule has 2 rings (SSSR count). The maximum absolute atomic E-state index is 5.85. The number of hydrogen-bond acceptors (Lipinski definition) is 0. The lowest BCUT2D eigenvalue weighted by molar-refractivity contribution is 1.04. The van der Waals surface area contributed by atoms with Gasteiger partial charge in [-0.15, -0.1) is 0 Å². The average Bonchev–Trinajstić information content (AvgIpc) is 1.74. The average molecular weight is 138 g/mol. The van der Waals surface area contributed by atoms with E-state index in [0.717, 1.165) is 11.4 Å². The van der Waals surface area contributed by atoms with Crippen molar-refractivity contribution in [3.63, 3.8) is 0 Å². The molecule has 0 spiro atoms. The summed E-state index contributed by atoms with van der Waals surface area (Å²) in [6.07, 6.45) is 3.23. The van der Waals surface area contributed by atoms with Crippen LogP contribution in [0.15, 0.2) is 18.2 Å². The SMILES string of the molecule is Clc1cccc2c1C[CH]2. The largest absolute Gasteiger partial charge is 0.0840 e. The zero-order valence-corrected chi connectivity index (χ0v) is 5.65. The Kier molecular flexibility index (Phi) is 1.03. The number of benzene rings is 1. The highest BCUT2D eigenvalue weighted by Gasteiger charge is 2.14. The second-order valence-corrected chi connectivity index (χ2v) is 2.62. The number of fused-ring (bicyclic) bond motifs is 1. The first-order chi connectivity index (χ1) is 4.38. The van der Waals surface area contributed by atoms with E-state index in [0.29, 0.717) is 0 Å². The normalized spacial score (nSPS) is 14.3. The molecule has 1 aromatic carbocycles. The summed E-state index contributed by atoms with van der Waals surface area (Å²) in [6.45, 7) is 0. The molecule has 0 N–H and O–H groups in total. The minimum atomic E-state index is 0.912. The van der Waals surface area contributed by atoms with Gasteiger partial charge in [0.15, 0.2) is 0 Å². The molecule has 1 aliphatic carbocycles. The van der Waals surface area contributed by atoms with Gasteiger partial charge in [0, 0.05) is 5.02 Å². The van der Waals surface area contributed by atoms with Crippen LogP contribution in [0.5, 0.6) is 0 Å². The molecule has 0 amide bonds. The Morgan fingerprint density at radius 3 is 2.67 bits per heavy atom. The van der Waals surface area contributed by atoms with Gasteiger partial charge in [-0.2, -0.15) is 0 Å². The zero-order chi connectivity index (χ0) is 6.27. The molecule has 1 heteroatoms. The lowest BCUT2D eigenvalue weighted by atomic mass is 9.89. The number of halogens is 1. The first-order valence-corrected chi connectivity index (χ1v) is 3.36. The molecule has 1 radical (unpaired) electrons. The third kappa shape index (κ3) is 0.665. The van der Waals surface area contributed by atoms with Gasteiger partial charge in [-0.1, -0.05) is 23.7 Å². The summed E-state index contributed by atoms with van der Waals surface area (Å²) in [5, 5.41) is 0.912. The van der Waals surface area contributed by atoms with Gasteiger partial charge in [-0.25, -0.2) is 0 Å². The van der Waals surface area contributed by atoms with E-state index in [1.165, 1.54) is 11.1 Å². The zero-order valence-electron chi connectivity index (χ0n) is 4.89. The third-order valence-electron chi connectivity index (χ3n) is 1.68. The van der Waals surface area contributed by atoms with E-state index in [1.807, 2.05) is 12.1 Å². The Morgan fingerprint density at radius 1 is 1.33 bits per heavy atom. The third-order valence-corrected chi connectivity index (χ3v) is 2.04. The fourth-order valence-electron chi connectivity index (χ4n) is 1.06. The van der Waals surface area contributed by atoms with Crippen molar-refractivity contribution in [3.8, 4) is 0 Å². The molecule has 0 unspecified atom stereocenters. The highest BCUT2D eigenvalue weighted by molar-refractivity contribution is 6.31. The summed E-state index contributed by atoms with van der Waals surface area (Å²) in [5.74, 6) is 0. The monoisotopic (exact) mass is 137 g/mol. The van der Waals surface area contributed by atoms with Gasteiger partial charge in [0.25, 0.3) is 0 Å². The number of rotatable bonds is 0. The second-order valence-electron chi connectivity index (χ2n) is 2.22. The molecule has 0 heterocycles. The predicted molar refractivity (Wildman–Crippen MR) is 38.6 cm³/mol. The van der Waals surface area contributed by atoms with Crippen LogP contribution in [0.4, 0.5) is 0 Å². The van der Waals surface area contributed by atoms with Gasteiger partial charge in [0.2, 0.25) is 0 Å². The van der Waals surface area contributed by atoms with Gasteiger partial charge in [0.1, 0.15) is 0 Å².